The van der Waals surface area contributed by atoms with Crippen LogP contribution in [0.1, 0.15) is 28.5 Å². The fourth-order valence-electron chi connectivity index (χ4n) is 2.30. The molecular formula is C19H20F4N2O3. The third kappa shape index (κ3) is 5.66. The van der Waals surface area contributed by atoms with Crippen LogP contribution in [-0.2, 0) is 17.9 Å². The van der Waals surface area contributed by atoms with Crippen LogP contribution in [0.3, 0.4) is 0 Å². The van der Waals surface area contributed by atoms with Gasteiger partial charge in [-0.05, 0) is 36.8 Å². The van der Waals surface area contributed by atoms with E-state index in [0.717, 1.165) is 0 Å². The lowest BCUT2D eigenvalue weighted by molar-refractivity contribution is -0.168. The summed E-state index contributed by atoms with van der Waals surface area (Å²) < 4.78 is 61.7. The van der Waals surface area contributed by atoms with Gasteiger partial charge in [-0.1, -0.05) is 12.1 Å². The molecule has 5 nitrogen and oxygen atoms in total. The van der Waals surface area contributed by atoms with E-state index in [9.17, 15) is 22.4 Å². The Hall–Kier alpha value is -2.68. The standard InChI is InChI=1S/C19H20F4N2O3/c1-3-25-9-8-15(24-25)16(26)6-4-13-5-7-17(27-2)14(10-13)11-28-12-19(22,23)18(20)21/h4-10,18H,3,11-12H2,1-2H3/b6-4+. The van der Waals surface area contributed by atoms with E-state index < -0.39 is 19.0 Å². The van der Waals surface area contributed by atoms with Crippen LogP contribution >= 0.6 is 0 Å². The Morgan fingerprint density at radius 3 is 2.68 bits per heavy atom. The SMILES string of the molecule is CCn1ccc(C(=O)/C=C/c2ccc(OC)c(COCC(F)(F)C(F)F)c2)n1. The van der Waals surface area contributed by atoms with Crippen molar-refractivity contribution in [2.45, 2.75) is 32.4 Å². The van der Waals surface area contributed by atoms with E-state index in [1.54, 1.807) is 35.1 Å². The van der Waals surface area contributed by atoms with Crippen molar-refractivity contribution >= 4 is 11.9 Å². The second-order valence-corrected chi connectivity index (χ2v) is 5.88. The van der Waals surface area contributed by atoms with Gasteiger partial charge in [0.05, 0.1) is 13.7 Å². The van der Waals surface area contributed by atoms with Crippen molar-refractivity contribution in [1.29, 1.82) is 0 Å². The van der Waals surface area contributed by atoms with E-state index in [0.29, 0.717) is 29.1 Å². The summed E-state index contributed by atoms with van der Waals surface area (Å²) in [6.07, 6.45) is 0.758. The minimum Gasteiger partial charge on any atom is -0.496 e. The number of hydrogen-bond acceptors (Lipinski definition) is 4. The minimum atomic E-state index is -4.22. The number of nitrogens with zero attached hydrogens (tertiary/aromatic N) is 2. The van der Waals surface area contributed by atoms with E-state index in [2.05, 4.69) is 5.10 Å². The maximum atomic E-state index is 12.9. The summed E-state index contributed by atoms with van der Waals surface area (Å²) in [7, 11) is 1.38. The van der Waals surface area contributed by atoms with Crippen molar-refractivity contribution in [3.63, 3.8) is 0 Å². The minimum absolute atomic E-state index is 0.294. The Kier molecular flexibility index (Phi) is 7.33. The molecule has 0 aliphatic carbocycles. The van der Waals surface area contributed by atoms with Gasteiger partial charge >= 0.3 is 12.3 Å². The molecule has 0 spiro atoms. The van der Waals surface area contributed by atoms with Gasteiger partial charge in [-0.15, -0.1) is 0 Å². The fourth-order valence-corrected chi connectivity index (χ4v) is 2.30. The molecule has 0 aliphatic rings. The lowest BCUT2D eigenvalue weighted by Gasteiger charge is -2.16. The molecule has 9 heteroatoms. The fraction of sp³-hybridized carbons (Fsp3) is 0.368. The second-order valence-electron chi connectivity index (χ2n) is 5.88. The lowest BCUT2D eigenvalue weighted by atomic mass is 10.1. The monoisotopic (exact) mass is 400 g/mol. The van der Waals surface area contributed by atoms with Gasteiger partial charge in [0.2, 0.25) is 5.78 Å². The number of allylic oxidation sites excluding steroid dienone is 1. The van der Waals surface area contributed by atoms with Crippen molar-refractivity contribution in [1.82, 2.24) is 9.78 Å². The first-order valence-corrected chi connectivity index (χ1v) is 8.43. The zero-order valence-corrected chi connectivity index (χ0v) is 15.4. The Morgan fingerprint density at radius 2 is 2.07 bits per heavy atom. The van der Waals surface area contributed by atoms with Gasteiger partial charge in [-0.2, -0.15) is 13.9 Å². The molecule has 1 aromatic heterocycles. The summed E-state index contributed by atoms with van der Waals surface area (Å²) in [6, 6.07) is 6.39. The van der Waals surface area contributed by atoms with Crippen LogP contribution in [0.15, 0.2) is 36.5 Å². The Balaban J connectivity index is 2.07. The molecule has 0 fully saturated rings. The smallest absolute Gasteiger partial charge is 0.330 e. The van der Waals surface area contributed by atoms with Crippen LogP contribution in [0.4, 0.5) is 17.6 Å². The summed E-state index contributed by atoms with van der Waals surface area (Å²) in [4.78, 5) is 12.1. The molecular weight excluding hydrogens is 380 g/mol. The van der Waals surface area contributed by atoms with Crippen LogP contribution in [-0.4, -0.2) is 41.6 Å². The first kappa shape index (κ1) is 21.6. The maximum absolute atomic E-state index is 12.9. The summed E-state index contributed by atoms with van der Waals surface area (Å²) in [5.41, 5.74) is 1.27. The highest BCUT2D eigenvalue weighted by atomic mass is 19.3. The number of methoxy groups -OCH3 is 1. The van der Waals surface area contributed by atoms with E-state index in [1.165, 1.54) is 19.3 Å². The average Bonchev–Trinajstić information content (AvgIpc) is 3.15. The highest BCUT2D eigenvalue weighted by Crippen LogP contribution is 2.25. The number of halogens is 4. The van der Waals surface area contributed by atoms with Gasteiger partial charge in [-0.25, -0.2) is 8.78 Å². The molecule has 0 aliphatic heterocycles. The number of alkyl halides is 4. The molecule has 0 amide bonds. The van der Waals surface area contributed by atoms with Gasteiger partial charge in [0.25, 0.3) is 0 Å². The molecule has 0 atom stereocenters. The Labute approximate surface area is 159 Å². The van der Waals surface area contributed by atoms with E-state index >= 15 is 0 Å². The summed E-state index contributed by atoms with van der Waals surface area (Å²) >= 11 is 0. The Morgan fingerprint density at radius 1 is 1.32 bits per heavy atom. The number of hydrogen-bond donors (Lipinski definition) is 0. The zero-order chi connectivity index (χ0) is 20.7. The van der Waals surface area contributed by atoms with E-state index in [-0.39, 0.29) is 12.4 Å². The Bertz CT molecular complexity index is 834. The number of ether oxygens (including phenoxy) is 2. The van der Waals surface area contributed by atoms with Gasteiger partial charge < -0.3 is 9.47 Å². The number of rotatable bonds is 10. The largest absolute Gasteiger partial charge is 0.496 e. The van der Waals surface area contributed by atoms with Gasteiger partial charge in [0.15, 0.2) is 0 Å². The molecule has 0 unspecified atom stereocenters. The predicted octanol–water partition coefficient (Wildman–Crippen LogP) is 4.22. The van der Waals surface area contributed by atoms with Gasteiger partial charge in [-0.3, -0.25) is 9.48 Å². The number of ketones is 1. The van der Waals surface area contributed by atoms with Crippen molar-refractivity contribution < 1.29 is 31.8 Å². The van der Waals surface area contributed by atoms with Gasteiger partial charge in [0.1, 0.15) is 18.1 Å². The first-order chi connectivity index (χ1) is 13.3. The molecule has 152 valence electrons. The molecule has 0 radical (unpaired) electrons. The van der Waals surface area contributed by atoms with Gasteiger partial charge in [0, 0.05) is 18.3 Å². The summed E-state index contributed by atoms with van der Waals surface area (Å²) in [6.45, 7) is 0.785. The quantitative estimate of drug-likeness (QED) is 0.340. The summed E-state index contributed by atoms with van der Waals surface area (Å²) in [5.74, 6) is -4.16. The topological polar surface area (TPSA) is 53.4 Å². The molecule has 2 rings (SSSR count). The molecule has 0 bridgehead atoms. The van der Waals surface area contributed by atoms with Crippen molar-refractivity contribution in [2.75, 3.05) is 13.7 Å². The first-order valence-electron chi connectivity index (χ1n) is 8.43. The molecule has 28 heavy (non-hydrogen) atoms. The second kappa shape index (κ2) is 9.50. The third-order valence-electron chi connectivity index (χ3n) is 3.82. The number of aromatic nitrogens is 2. The normalized spacial score (nSPS) is 12.1. The molecule has 1 aromatic carbocycles. The molecule has 0 N–H and O–H groups in total. The van der Waals surface area contributed by atoms with E-state index in [4.69, 9.17) is 9.47 Å². The van der Waals surface area contributed by atoms with Crippen molar-refractivity contribution in [3.05, 3.63) is 53.4 Å². The number of carbonyl (C=O) groups is 1. The molecule has 2 aromatic rings. The van der Waals surface area contributed by atoms with Crippen LogP contribution in [0.2, 0.25) is 0 Å². The van der Waals surface area contributed by atoms with Crippen molar-refractivity contribution in [2.24, 2.45) is 0 Å². The third-order valence-corrected chi connectivity index (χ3v) is 3.82. The molecule has 0 saturated carbocycles. The van der Waals surface area contributed by atoms with Crippen LogP contribution < -0.4 is 4.74 Å². The predicted molar refractivity (Wildman–Crippen MR) is 94.9 cm³/mol. The summed E-state index contributed by atoms with van der Waals surface area (Å²) in [5, 5.41) is 4.11. The van der Waals surface area contributed by atoms with Crippen LogP contribution in [0.25, 0.3) is 6.08 Å². The number of aryl methyl sites for hydroxylation is 1. The molecule has 1 heterocycles. The maximum Gasteiger partial charge on any atom is 0.330 e. The van der Waals surface area contributed by atoms with E-state index in [1.807, 2.05) is 6.92 Å². The number of carbonyl (C=O) groups excluding carboxylic acids is 1. The number of benzene rings is 1. The average molecular weight is 400 g/mol. The highest BCUT2D eigenvalue weighted by Gasteiger charge is 2.40. The molecule has 0 saturated heterocycles. The van der Waals surface area contributed by atoms with Crippen molar-refractivity contribution in [3.8, 4) is 5.75 Å². The van der Waals surface area contributed by atoms with Crippen LogP contribution in [0, 0.1) is 0 Å². The highest BCUT2D eigenvalue weighted by molar-refractivity contribution is 6.05. The zero-order valence-electron chi connectivity index (χ0n) is 15.4. The van der Waals surface area contributed by atoms with Crippen LogP contribution in [0.5, 0.6) is 5.75 Å². The lowest BCUT2D eigenvalue weighted by Crippen LogP contribution is -2.32.